The largest absolute Gasteiger partial charge is 0.450 e. The van der Waals surface area contributed by atoms with Crippen LogP contribution in [0.1, 0.15) is 29.7 Å². The number of amides is 1. The van der Waals surface area contributed by atoms with Crippen LogP contribution >= 0.6 is 27.3 Å². The van der Waals surface area contributed by atoms with Gasteiger partial charge in [-0.05, 0) is 59.1 Å². The number of rotatable bonds is 3. The standard InChI is InChI=1S/C18H15BrN2O2S/c19-16-9-7-12(23-16)8-10-17(22)21-11-3-5-14(21)18-20-13-4-1-2-6-15(13)24-18/h1-2,4,6-10,14H,3,5,11H2. The first-order valence-corrected chi connectivity index (χ1v) is 9.41. The van der Waals surface area contributed by atoms with Crippen molar-refractivity contribution in [3.63, 3.8) is 0 Å². The summed E-state index contributed by atoms with van der Waals surface area (Å²) in [7, 11) is 0. The predicted octanol–water partition coefficient (Wildman–Crippen LogP) is 5.03. The van der Waals surface area contributed by atoms with E-state index in [-0.39, 0.29) is 11.9 Å². The van der Waals surface area contributed by atoms with Gasteiger partial charge in [-0.3, -0.25) is 4.79 Å². The maximum absolute atomic E-state index is 12.6. The van der Waals surface area contributed by atoms with Crippen LogP contribution in [0.15, 0.2) is 51.6 Å². The van der Waals surface area contributed by atoms with Gasteiger partial charge >= 0.3 is 0 Å². The Morgan fingerprint density at radius 3 is 3.00 bits per heavy atom. The fourth-order valence-electron chi connectivity index (χ4n) is 2.99. The minimum Gasteiger partial charge on any atom is -0.450 e. The number of halogens is 1. The lowest BCUT2D eigenvalue weighted by atomic mass is 10.2. The van der Waals surface area contributed by atoms with E-state index in [1.807, 2.05) is 35.2 Å². The summed E-state index contributed by atoms with van der Waals surface area (Å²) in [5.41, 5.74) is 1.01. The summed E-state index contributed by atoms with van der Waals surface area (Å²) in [5, 5.41) is 1.02. The zero-order valence-electron chi connectivity index (χ0n) is 12.8. The lowest BCUT2D eigenvalue weighted by molar-refractivity contribution is -0.126. The zero-order valence-corrected chi connectivity index (χ0v) is 15.2. The summed E-state index contributed by atoms with van der Waals surface area (Å²) in [5.74, 6) is 0.662. The second-order valence-corrected chi connectivity index (χ2v) is 7.53. The van der Waals surface area contributed by atoms with Gasteiger partial charge in [0.05, 0.1) is 16.3 Å². The second-order valence-electron chi connectivity index (χ2n) is 5.68. The van der Waals surface area contributed by atoms with E-state index in [0.717, 1.165) is 29.9 Å². The number of benzene rings is 1. The fraction of sp³-hybridized carbons (Fsp3) is 0.222. The monoisotopic (exact) mass is 402 g/mol. The van der Waals surface area contributed by atoms with Gasteiger partial charge < -0.3 is 9.32 Å². The number of hydrogen-bond acceptors (Lipinski definition) is 4. The van der Waals surface area contributed by atoms with Crippen molar-refractivity contribution >= 4 is 49.5 Å². The number of nitrogens with zero attached hydrogens (tertiary/aromatic N) is 2. The van der Waals surface area contributed by atoms with Crippen LogP contribution in [0.3, 0.4) is 0 Å². The number of thiazole rings is 1. The zero-order chi connectivity index (χ0) is 16.5. The van der Waals surface area contributed by atoms with Gasteiger partial charge in [0.2, 0.25) is 5.91 Å². The van der Waals surface area contributed by atoms with Crippen molar-refractivity contribution in [2.24, 2.45) is 0 Å². The van der Waals surface area contributed by atoms with E-state index in [9.17, 15) is 4.79 Å². The fourth-order valence-corrected chi connectivity index (χ4v) is 4.42. The maximum Gasteiger partial charge on any atom is 0.247 e. The molecule has 3 aromatic rings. The normalized spacial score (nSPS) is 18.0. The Morgan fingerprint density at radius 2 is 2.21 bits per heavy atom. The molecule has 0 N–H and O–H groups in total. The molecular weight excluding hydrogens is 388 g/mol. The first-order chi connectivity index (χ1) is 11.7. The molecule has 1 saturated heterocycles. The molecule has 0 bridgehead atoms. The molecule has 1 unspecified atom stereocenters. The van der Waals surface area contributed by atoms with Crippen LogP contribution in [0.2, 0.25) is 0 Å². The van der Waals surface area contributed by atoms with Crippen LogP contribution in [-0.2, 0) is 4.79 Å². The highest BCUT2D eigenvalue weighted by Gasteiger charge is 2.31. The van der Waals surface area contributed by atoms with Gasteiger partial charge in [0.25, 0.3) is 0 Å². The first kappa shape index (κ1) is 15.6. The molecule has 0 spiro atoms. The minimum atomic E-state index is 0.00396. The summed E-state index contributed by atoms with van der Waals surface area (Å²) < 4.78 is 7.22. The van der Waals surface area contributed by atoms with E-state index in [4.69, 9.17) is 9.40 Å². The van der Waals surface area contributed by atoms with E-state index >= 15 is 0 Å². The number of aromatic nitrogens is 1. The molecule has 1 amide bonds. The molecular formula is C18H15BrN2O2S. The number of carbonyl (C=O) groups is 1. The van der Waals surface area contributed by atoms with Crippen LogP contribution in [0.25, 0.3) is 16.3 Å². The molecule has 1 fully saturated rings. The van der Waals surface area contributed by atoms with Crippen molar-refractivity contribution < 1.29 is 9.21 Å². The SMILES string of the molecule is O=C(C=Cc1ccc(Br)o1)N1CCCC1c1nc2ccccc2s1. The molecule has 3 heterocycles. The van der Waals surface area contributed by atoms with Crippen molar-refractivity contribution in [1.82, 2.24) is 9.88 Å². The summed E-state index contributed by atoms with van der Waals surface area (Å²) in [6.45, 7) is 0.769. The number of hydrogen-bond donors (Lipinski definition) is 0. The quantitative estimate of drug-likeness (QED) is 0.577. The van der Waals surface area contributed by atoms with Crippen molar-refractivity contribution in [3.05, 3.63) is 57.9 Å². The number of furan rings is 1. The average Bonchev–Trinajstić information content (AvgIpc) is 3.30. The Kier molecular flexibility index (Phi) is 4.24. The first-order valence-electron chi connectivity index (χ1n) is 7.80. The molecule has 6 heteroatoms. The molecule has 1 aromatic carbocycles. The highest BCUT2D eigenvalue weighted by Crippen LogP contribution is 2.36. The van der Waals surface area contributed by atoms with Crippen LogP contribution < -0.4 is 0 Å². The van der Waals surface area contributed by atoms with Crippen molar-refractivity contribution in [2.45, 2.75) is 18.9 Å². The van der Waals surface area contributed by atoms with Crippen molar-refractivity contribution in [2.75, 3.05) is 6.54 Å². The van der Waals surface area contributed by atoms with Crippen LogP contribution in [0, 0.1) is 0 Å². The molecule has 1 atom stereocenters. The lowest BCUT2D eigenvalue weighted by Gasteiger charge is -2.21. The molecule has 2 aromatic heterocycles. The van der Waals surface area contributed by atoms with Gasteiger partial charge in [0, 0.05) is 12.6 Å². The van der Waals surface area contributed by atoms with E-state index in [1.165, 1.54) is 4.70 Å². The summed E-state index contributed by atoms with van der Waals surface area (Å²) in [6, 6.07) is 11.8. The molecule has 0 aliphatic carbocycles. The minimum absolute atomic E-state index is 0.00396. The number of fused-ring (bicyclic) bond motifs is 1. The van der Waals surface area contributed by atoms with Crippen LogP contribution in [-0.4, -0.2) is 22.3 Å². The van der Waals surface area contributed by atoms with Gasteiger partial charge in [0.1, 0.15) is 10.8 Å². The number of carbonyl (C=O) groups excluding carboxylic acids is 1. The van der Waals surface area contributed by atoms with E-state index < -0.39 is 0 Å². The summed E-state index contributed by atoms with van der Waals surface area (Å²) >= 11 is 4.94. The Balaban J connectivity index is 1.55. The lowest BCUT2D eigenvalue weighted by Crippen LogP contribution is -2.28. The molecule has 1 aliphatic heterocycles. The second kappa shape index (κ2) is 6.53. The average molecular weight is 403 g/mol. The van der Waals surface area contributed by atoms with Crippen molar-refractivity contribution in [3.8, 4) is 0 Å². The summed E-state index contributed by atoms with van der Waals surface area (Å²) in [6.07, 6.45) is 5.26. The molecule has 122 valence electrons. The van der Waals surface area contributed by atoms with Gasteiger partial charge in [-0.25, -0.2) is 4.98 Å². The van der Waals surface area contributed by atoms with Gasteiger partial charge in [-0.1, -0.05) is 12.1 Å². The Morgan fingerprint density at radius 1 is 1.33 bits per heavy atom. The number of para-hydroxylation sites is 1. The van der Waals surface area contributed by atoms with E-state index in [1.54, 1.807) is 23.5 Å². The Bertz CT molecular complexity index is 882. The van der Waals surface area contributed by atoms with E-state index in [2.05, 4.69) is 22.0 Å². The third-order valence-electron chi connectivity index (χ3n) is 4.12. The predicted molar refractivity (Wildman–Crippen MR) is 98.8 cm³/mol. The third-order valence-corrected chi connectivity index (χ3v) is 5.68. The van der Waals surface area contributed by atoms with E-state index in [0.29, 0.717) is 10.4 Å². The van der Waals surface area contributed by atoms with Gasteiger partial charge in [-0.2, -0.15) is 0 Å². The van der Waals surface area contributed by atoms with Crippen molar-refractivity contribution in [1.29, 1.82) is 0 Å². The van der Waals surface area contributed by atoms with Crippen LogP contribution in [0.5, 0.6) is 0 Å². The Hall–Kier alpha value is -1.92. The Labute approximate surface area is 151 Å². The molecule has 4 rings (SSSR count). The molecule has 1 aliphatic rings. The molecule has 0 saturated carbocycles. The highest BCUT2D eigenvalue weighted by molar-refractivity contribution is 9.10. The third kappa shape index (κ3) is 3.03. The molecule has 4 nitrogen and oxygen atoms in total. The smallest absolute Gasteiger partial charge is 0.247 e. The molecule has 0 radical (unpaired) electrons. The summed E-state index contributed by atoms with van der Waals surface area (Å²) in [4.78, 5) is 19.2. The topological polar surface area (TPSA) is 46.3 Å². The number of likely N-dealkylation sites (tertiary alicyclic amines) is 1. The molecule has 24 heavy (non-hydrogen) atoms. The highest BCUT2D eigenvalue weighted by atomic mass is 79.9. The van der Waals surface area contributed by atoms with Gasteiger partial charge in [-0.15, -0.1) is 11.3 Å². The van der Waals surface area contributed by atoms with Gasteiger partial charge in [0.15, 0.2) is 4.67 Å². The van der Waals surface area contributed by atoms with Crippen LogP contribution in [0.4, 0.5) is 0 Å². The maximum atomic E-state index is 12.6.